The molecule has 1 saturated carbocycles. The van der Waals surface area contributed by atoms with E-state index in [0.717, 1.165) is 4.90 Å². The van der Waals surface area contributed by atoms with Gasteiger partial charge in [-0.3, -0.25) is 25.1 Å². The molecule has 9 heteroatoms. The van der Waals surface area contributed by atoms with Gasteiger partial charge in [-0.1, -0.05) is 43.4 Å². The third-order valence-electron chi connectivity index (χ3n) is 4.85. The van der Waals surface area contributed by atoms with Crippen LogP contribution >= 0.6 is 0 Å². The van der Waals surface area contributed by atoms with Crippen molar-refractivity contribution < 1.29 is 34.6 Å². The number of nitrogens with zero attached hydrogens (tertiary/aromatic N) is 1. The van der Waals surface area contributed by atoms with Crippen molar-refractivity contribution in [3.63, 3.8) is 0 Å². The number of nitrogens with one attached hydrogen (secondary N) is 3. The Labute approximate surface area is 197 Å². The predicted octanol–water partition coefficient (Wildman–Crippen LogP) is 0.811. The highest BCUT2D eigenvalue weighted by Gasteiger charge is 2.42. The summed E-state index contributed by atoms with van der Waals surface area (Å²) in [5.74, 6) is -7.61. The summed E-state index contributed by atoms with van der Waals surface area (Å²) in [4.78, 5) is 38.9. The molecule has 0 bridgehead atoms. The highest BCUT2D eigenvalue weighted by Crippen LogP contribution is 2.29. The molecule has 3 rings (SSSR count). The summed E-state index contributed by atoms with van der Waals surface area (Å²) in [6, 6.07) is 2.54. The monoisotopic (exact) mass is 440 g/mol. The Morgan fingerprint density at radius 3 is 2.48 bits per heavy atom. The summed E-state index contributed by atoms with van der Waals surface area (Å²) in [5, 5.41) is 21.3. The van der Waals surface area contributed by atoms with E-state index in [0.29, 0.717) is 11.1 Å². The normalized spacial score (nSPS) is 34.3. The van der Waals surface area contributed by atoms with Crippen LogP contribution in [-0.2, 0) is 20.9 Å². The van der Waals surface area contributed by atoms with Crippen molar-refractivity contribution in [1.82, 2.24) is 15.5 Å². The average molecular weight is 441 g/mol. The van der Waals surface area contributed by atoms with Gasteiger partial charge in [0.05, 0.1) is 12.6 Å². The molecule has 6 N–H and O–H groups in total. The van der Waals surface area contributed by atoms with Gasteiger partial charge in [0.1, 0.15) is 11.9 Å². The zero-order valence-electron chi connectivity index (χ0n) is 27.5. The number of hydrogen-bond donors (Lipinski definition) is 5. The second-order valence-electron chi connectivity index (χ2n) is 6.91. The van der Waals surface area contributed by atoms with Gasteiger partial charge in [-0.2, -0.15) is 0 Å². The van der Waals surface area contributed by atoms with E-state index in [1.54, 1.807) is 24.3 Å². The SMILES string of the molecule is [2H]C1([2H])C([2H])([2H])C([2H])([2H])C([2H])([C@@H](NCC(=O)O)C(=O)N2CC[C@H]2C(=O)NCc2ccc(C(=N)N)cc2)C([2H])([2H])C1([2H])[2H]. The minimum atomic E-state index is -3.92. The van der Waals surface area contributed by atoms with Gasteiger partial charge >= 0.3 is 5.97 Å². The quantitative estimate of drug-likeness (QED) is 0.283. The van der Waals surface area contributed by atoms with E-state index < -0.39 is 74.2 Å². The van der Waals surface area contributed by atoms with E-state index in [4.69, 9.17) is 26.2 Å². The fourth-order valence-corrected chi connectivity index (χ4v) is 3.10. The molecule has 9 nitrogen and oxygen atoms in total. The van der Waals surface area contributed by atoms with Crippen LogP contribution in [0.3, 0.4) is 0 Å². The second-order valence-corrected chi connectivity index (χ2v) is 6.91. The predicted molar refractivity (Wildman–Crippen MR) is 115 cm³/mol. The van der Waals surface area contributed by atoms with E-state index in [2.05, 4.69) is 10.6 Å². The van der Waals surface area contributed by atoms with E-state index in [1.165, 1.54) is 0 Å². The van der Waals surface area contributed by atoms with E-state index in [1.807, 2.05) is 0 Å². The molecule has 0 radical (unpaired) electrons. The minimum absolute atomic E-state index is 0.0147. The molecule has 0 unspecified atom stereocenters. The molecule has 1 aromatic rings. The smallest absolute Gasteiger partial charge is 0.317 e. The lowest BCUT2D eigenvalue weighted by atomic mass is 9.82. The molecule has 1 aliphatic carbocycles. The van der Waals surface area contributed by atoms with Gasteiger partial charge in [0.2, 0.25) is 11.8 Å². The number of amides is 2. The van der Waals surface area contributed by atoms with Crippen LogP contribution in [-0.4, -0.2) is 58.8 Å². The summed E-state index contributed by atoms with van der Waals surface area (Å²) < 4.78 is 91.2. The molecule has 0 spiro atoms. The standard InChI is InChI=1S/C22H31N5O4/c23-20(24)16-8-6-14(7-9-16)12-26-21(30)17-10-11-27(17)22(31)19(25-13-18(28)29)15-4-2-1-3-5-15/h6-9,15,17,19,25H,1-5,10-13H2,(H3,23,24)(H,26,30)(H,28,29)/t17-,19+/m0/s1/i1D2,2D2,3D2,4D2,5D2,15D. The highest BCUT2D eigenvalue weighted by molar-refractivity contribution is 5.95. The number of carbonyl (C=O) groups is 3. The Morgan fingerprint density at radius 2 is 1.94 bits per heavy atom. The van der Waals surface area contributed by atoms with Crippen LogP contribution in [0, 0.1) is 11.3 Å². The van der Waals surface area contributed by atoms with Gasteiger partial charge in [-0.05, 0) is 30.6 Å². The van der Waals surface area contributed by atoms with Crippen LogP contribution in [0.4, 0.5) is 0 Å². The Balaban J connectivity index is 1.96. The van der Waals surface area contributed by atoms with Gasteiger partial charge in [0.15, 0.2) is 0 Å². The van der Waals surface area contributed by atoms with Crippen LogP contribution in [0.2, 0.25) is 0 Å². The molecule has 2 aliphatic rings. The zero-order chi connectivity index (χ0) is 32.3. The lowest BCUT2D eigenvalue weighted by molar-refractivity contribution is -0.150. The number of rotatable bonds is 9. The van der Waals surface area contributed by atoms with Crippen molar-refractivity contribution in [2.24, 2.45) is 11.6 Å². The van der Waals surface area contributed by atoms with Crippen molar-refractivity contribution in [2.75, 3.05) is 13.1 Å². The van der Waals surface area contributed by atoms with Crippen LogP contribution in [0.1, 0.15) is 64.5 Å². The van der Waals surface area contributed by atoms with Crippen molar-refractivity contribution in [3.8, 4) is 0 Å². The maximum atomic E-state index is 13.8. The molecular weight excluding hydrogens is 398 g/mol. The number of nitrogens with two attached hydrogens (primary N) is 1. The summed E-state index contributed by atoms with van der Waals surface area (Å²) in [7, 11) is 0. The molecule has 0 aromatic heterocycles. The van der Waals surface area contributed by atoms with E-state index >= 15 is 0 Å². The number of carboxylic acids is 1. The van der Waals surface area contributed by atoms with Gasteiger partial charge in [-0.15, -0.1) is 0 Å². The Hall–Kier alpha value is -2.94. The molecular formula is C22H31N5O4. The Bertz CT molecular complexity index is 1250. The van der Waals surface area contributed by atoms with Crippen LogP contribution in [0.5, 0.6) is 0 Å². The molecule has 1 saturated heterocycles. The van der Waals surface area contributed by atoms with Crippen molar-refractivity contribution >= 4 is 23.6 Å². The Morgan fingerprint density at radius 1 is 1.26 bits per heavy atom. The fraction of sp³-hybridized carbons (Fsp3) is 0.545. The first kappa shape index (κ1) is 12.2. The van der Waals surface area contributed by atoms with E-state index in [9.17, 15) is 19.5 Å². The van der Waals surface area contributed by atoms with Crippen LogP contribution < -0.4 is 16.4 Å². The van der Waals surface area contributed by atoms with E-state index in [-0.39, 0.29) is 25.3 Å². The maximum Gasteiger partial charge on any atom is 0.317 e. The number of aliphatic carboxylic acids is 1. The molecule has 168 valence electrons. The molecule has 2 fully saturated rings. The van der Waals surface area contributed by atoms with Crippen molar-refractivity contribution in [1.29, 1.82) is 5.41 Å². The fourth-order valence-electron chi connectivity index (χ4n) is 3.10. The lowest BCUT2D eigenvalue weighted by Gasteiger charge is -2.43. The molecule has 2 atom stereocenters. The molecule has 1 aliphatic heterocycles. The topological polar surface area (TPSA) is 149 Å². The highest BCUT2D eigenvalue weighted by atomic mass is 16.4. The van der Waals surface area contributed by atoms with Crippen LogP contribution in [0.15, 0.2) is 24.3 Å². The number of likely N-dealkylation sites (tertiary alicyclic amines) is 1. The minimum Gasteiger partial charge on any atom is -0.480 e. The lowest BCUT2D eigenvalue weighted by Crippen LogP contribution is -2.63. The number of amidine groups is 1. The molecule has 1 heterocycles. The second kappa shape index (κ2) is 10.4. The number of carbonyl (C=O) groups excluding carboxylic acids is 2. The maximum absolute atomic E-state index is 13.8. The molecule has 2 amide bonds. The van der Waals surface area contributed by atoms with Gasteiger partial charge in [0.25, 0.3) is 0 Å². The van der Waals surface area contributed by atoms with Gasteiger partial charge < -0.3 is 21.1 Å². The summed E-state index contributed by atoms with van der Waals surface area (Å²) in [6.07, 6.45) is -19.4. The van der Waals surface area contributed by atoms with Crippen molar-refractivity contribution in [3.05, 3.63) is 35.4 Å². The third kappa shape index (κ3) is 5.81. The van der Waals surface area contributed by atoms with Crippen molar-refractivity contribution in [2.45, 2.75) is 56.9 Å². The average Bonchev–Trinajstić information content (AvgIpc) is 2.85. The number of carboxylic acid groups (broad SMARTS) is 1. The first-order valence-electron chi connectivity index (χ1n) is 15.0. The van der Waals surface area contributed by atoms with Crippen LogP contribution in [0.25, 0.3) is 0 Å². The number of nitrogen functional groups attached to an aromatic ring is 1. The third-order valence-corrected chi connectivity index (χ3v) is 4.85. The largest absolute Gasteiger partial charge is 0.480 e. The molecule has 1 aromatic carbocycles. The Kier molecular flexibility index (Phi) is 4.08. The first-order valence-corrected chi connectivity index (χ1v) is 9.47. The van der Waals surface area contributed by atoms with Gasteiger partial charge in [-0.25, -0.2) is 0 Å². The van der Waals surface area contributed by atoms with Gasteiger partial charge in [0, 0.05) is 33.7 Å². The number of hydrogen-bond acceptors (Lipinski definition) is 5. The number of benzene rings is 1. The zero-order valence-corrected chi connectivity index (χ0v) is 16.5. The first-order chi connectivity index (χ1) is 19.0. The summed E-state index contributed by atoms with van der Waals surface area (Å²) in [6.45, 7) is -1.32. The summed E-state index contributed by atoms with van der Waals surface area (Å²) in [5.41, 5.74) is 6.48. The summed E-state index contributed by atoms with van der Waals surface area (Å²) >= 11 is 0. The molecule has 31 heavy (non-hydrogen) atoms.